The molecule has 1 aromatic rings. The molecule has 0 atom stereocenters. The molecule has 0 radical (unpaired) electrons. The Morgan fingerprint density at radius 2 is 2.22 bits per heavy atom. The molecule has 1 N–H and O–H groups in total. The summed E-state index contributed by atoms with van der Waals surface area (Å²) in [6.07, 6.45) is 6.08. The van der Waals surface area contributed by atoms with Crippen molar-refractivity contribution in [2.24, 2.45) is 5.41 Å². The molecule has 18 heavy (non-hydrogen) atoms. The van der Waals surface area contributed by atoms with E-state index < -0.39 is 0 Å². The Balaban J connectivity index is 1.88. The third-order valence-electron chi connectivity index (χ3n) is 4.36. The van der Waals surface area contributed by atoms with Gasteiger partial charge in [-0.25, -0.2) is 0 Å². The number of benzene rings is 1. The van der Waals surface area contributed by atoms with E-state index in [4.69, 9.17) is 16.3 Å². The van der Waals surface area contributed by atoms with Gasteiger partial charge in [0.1, 0.15) is 5.75 Å². The van der Waals surface area contributed by atoms with Gasteiger partial charge in [0.2, 0.25) is 0 Å². The van der Waals surface area contributed by atoms with Gasteiger partial charge in [-0.05, 0) is 55.0 Å². The first kappa shape index (κ1) is 12.3. The average molecular weight is 266 g/mol. The third kappa shape index (κ3) is 2.12. The van der Waals surface area contributed by atoms with E-state index in [1.54, 1.807) is 0 Å². The van der Waals surface area contributed by atoms with Crippen LogP contribution in [0.1, 0.15) is 30.4 Å². The van der Waals surface area contributed by atoms with Crippen molar-refractivity contribution in [3.63, 3.8) is 0 Å². The quantitative estimate of drug-likeness (QED) is 0.903. The topological polar surface area (TPSA) is 21.3 Å². The summed E-state index contributed by atoms with van der Waals surface area (Å²) in [5.74, 6) is 1.11. The molecule has 2 nitrogen and oxygen atoms in total. The van der Waals surface area contributed by atoms with Crippen LogP contribution in [0, 0.1) is 5.41 Å². The van der Waals surface area contributed by atoms with Crippen LogP contribution >= 0.6 is 11.6 Å². The summed E-state index contributed by atoms with van der Waals surface area (Å²) in [4.78, 5) is 0. The molecule has 1 fully saturated rings. The van der Waals surface area contributed by atoms with Crippen molar-refractivity contribution in [2.45, 2.75) is 32.1 Å². The number of rotatable bonds is 4. The van der Waals surface area contributed by atoms with Crippen molar-refractivity contribution in [2.75, 3.05) is 20.2 Å². The van der Waals surface area contributed by atoms with E-state index in [0.717, 1.165) is 36.8 Å². The zero-order valence-corrected chi connectivity index (χ0v) is 11.6. The van der Waals surface area contributed by atoms with Crippen molar-refractivity contribution in [3.05, 3.63) is 28.3 Å². The molecule has 0 aromatic heterocycles. The Hall–Kier alpha value is -0.730. The van der Waals surface area contributed by atoms with E-state index in [1.165, 1.54) is 30.4 Å². The van der Waals surface area contributed by atoms with Gasteiger partial charge < -0.3 is 10.1 Å². The van der Waals surface area contributed by atoms with Crippen LogP contribution in [0.2, 0.25) is 5.02 Å². The summed E-state index contributed by atoms with van der Waals surface area (Å²) in [5.41, 5.74) is 3.03. The Kier molecular flexibility index (Phi) is 3.25. The normalized spacial score (nSPS) is 20.1. The fraction of sp³-hybridized carbons (Fsp3) is 0.600. The van der Waals surface area contributed by atoms with Gasteiger partial charge in [0.05, 0.1) is 6.61 Å². The highest BCUT2D eigenvalue weighted by Gasteiger charge is 2.37. The van der Waals surface area contributed by atoms with Crippen LogP contribution in [-0.2, 0) is 12.8 Å². The van der Waals surface area contributed by atoms with Crippen LogP contribution in [-0.4, -0.2) is 20.2 Å². The summed E-state index contributed by atoms with van der Waals surface area (Å²) in [6.45, 7) is 1.90. The molecule has 3 heteroatoms. The van der Waals surface area contributed by atoms with E-state index >= 15 is 0 Å². The zero-order chi connectivity index (χ0) is 12.6. The van der Waals surface area contributed by atoms with Crippen LogP contribution < -0.4 is 10.1 Å². The first-order valence-corrected chi connectivity index (χ1v) is 7.19. The molecule has 1 aliphatic carbocycles. The fourth-order valence-corrected chi connectivity index (χ4v) is 3.61. The molecule has 1 saturated carbocycles. The lowest BCUT2D eigenvalue weighted by Gasteiger charge is -2.42. The molecule has 98 valence electrons. The van der Waals surface area contributed by atoms with Gasteiger partial charge in [-0.15, -0.1) is 0 Å². The molecule has 1 heterocycles. The van der Waals surface area contributed by atoms with Gasteiger partial charge in [-0.3, -0.25) is 0 Å². The predicted molar refractivity (Wildman–Crippen MR) is 74.6 cm³/mol. The number of hydrogen-bond donors (Lipinski definition) is 1. The molecule has 1 aliphatic heterocycles. The highest BCUT2D eigenvalue weighted by atomic mass is 35.5. The van der Waals surface area contributed by atoms with E-state index in [9.17, 15) is 0 Å². The number of hydrogen-bond acceptors (Lipinski definition) is 2. The van der Waals surface area contributed by atoms with E-state index in [1.807, 2.05) is 7.05 Å². The smallest absolute Gasteiger partial charge is 0.125 e. The maximum atomic E-state index is 6.22. The van der Waals surface area contributed by atoms with Crippen molar-refractivity contribution in [1.29, 1.82) is 0 Å². The SMILES string of the molecule is CNCC1(Cc2cc(Cl)cc3c2OCC3)CCC1. The third-order valence-corrected chi connectivity index (χ3v) is 4.57. The van der Waals surface area contributed by atoms with Crippen LogP contribution in [0.4, 0.5) is 0 Å². The minimum atomic E-state index is 0.430. The second-order valence-electron chi connectivity index (χ2n) is 5.71. The van der Waals surface area contributed by atoms with E-state index in [-0.39, 0.29) is 0 Å². The van der Waals surface area contributed by atoms with E-state index in [0.29, 0.717) is 5.41 Å². The van der Waals surface area contributed by atoms with Crippen LogP contribution in [0.5, 0.6) is 5.75 Å². The summed E-state index contributed by atoms with van der Waals surface area (Å²) in [7, 11) is 2.04. The Labute approximate surface area is 114 Å². The van der Waals surface area contributed by atoms with Gasteiger partial charge in [0.25, 0.3) is 0 Å². The molecular weight excluding hydrogens is 246 g/mol. The number of halogens is 1. The van der Waals surface area contributed by atoms with Crippen molar-refractivity contribution >= 4 is 11.6 Å². The molecule has 1 aromatic carbocycles. The van der Waals surface area contributed by atoms with Crippen molar-refractivity contribution in [3.8, 4) is 5.75 Å². The highest BCUT2D eigenvalue weighted by molar-refractivity contribution is 6.30. The summed E-state index contributed by atoms with van der Waals surface area (Å²) in [6, 6.07) is 4.15. The van der Waals surface area contributed by atoms with Crippen molar-refractivity contribution in [1.82, 2.24) is 5.32 Å². The van der Waals surface area contributed by atoms with Gasteiger partial charge >= 0.3 is 0 Å². The molecule has 0 spiro atoms. The number of ether oxygens (including phenoxy) is 1. The minimum absolute atomic E-state index is 0.430. The van der Waals surface area contributed by atoms with Crippen molar-refractivity contribution < 1.29 is 4.74 Å². The molecular formula is C15H20ClNO. The molecule has 0 amide bonds. The molecule has 0 saturated heterocycles. The minimum Gasteiger partial charge on any atom is -0.493 e. The molecule has 0 bridgehead atoms. The highest BCUT2D eigenvalue weighted by Crippen LogP contribution is 2.46. The van der Waals surface area contributed by atoms with E-state index in [2.05, 4.69) is 17.4 Å². The lowest BCUT2D eigenvalue weighted by molar-refractivity contribution is 0.132. The van der Waals surface area contributed by atoms with Gasteiger partial charge in [-0.2, -0.15) is 0 Å². The van der Waals surface area contributed by atoms with Gasteiger partial charge in [0.15, 0.2) is 0 Å². The molecule has 2 aliphatic rings. The lowest BCUT2D eigenvalue weighted by Crippen LogP contribution is -2.40. The largest absolute Gasteiger partial charge is 0.493 e. The fourth-order valence-electron chi connectivity index (χ4n) is 3.35. The second-order valence-corrected chi connectivity index (χ2v) is 6.15. The van der Waals surface area contributed by atoms with Gasteiger partial charge in [-0.1, -0.05) is 18.0 Å². The maximum absolute atomic E-state index is 6.22. The maximum Gasteiger partial charge on any atom is 0.125 e. The average Bonchev–Trinajstić information content (AvgIpc) is 2.74. The predicted octanol–water partition coefficient (Wildman–Crippen LogP) is 3.21. The Bertz CT molecular complexity index is 454. The summed E-state index contributed by atoms with van der Waals surface area (Å²) >= 11 is 6.22. The van der Waals surface area contributed by atoms with Crippen LogP contribution in [0.3, 0.4) is 0 Å². The first-order valence-electron chi connectivity index (χ1n) is 6.81. The standard InChI is InChI=1S/C15H20ClNO/c1-17-10-15(4-2-5-15)9-12-8-13(16)7-11-3-6-18-14(11)12/h7-8,17H,2-6,9-10H2,1H3. The lowest BCUT2D eigenvalue weighted by atomic mass is 9.65. The monoisotopic (exact) mass is 265 g/mol. The molecule has 0 unspecified atom stereocenters. The number of fused-ring (bicyclic) bond motifs is 1. The summed E-state index contributed by atoms with van der Waals surface area (Å²) < 4.78 is 5.80. The molecule has 3 rings (SSSR count). The Morgan fingerprint density at radius 1 is 1.39 bits per heavy atom. The summed E-state index contributed by atoms with van der Waals surface area (Å²) in [5, 5.41) is 4.19. The number of nitrogens with one attached hydrogen (secondary N) is 1. The first-order chi connectivity index (χ1) is 8.72. The second kappa shape index (κ2) is 4.75. The van der Waals surface area contributed by atoms with Gasteiger partial charge in [0, 0.05) is 18.0 Å². The zero-order valence-electron chi connectivity index (χ0n) is 10.9. The van der Waals surface area contributed by atoms with Crippen LogP contribution in [0.25, 0.3) is 0 Å². The van der Waals surface area contributed by atoms with Crippen LogP contribution in [0.15, 0.2) is 12.1 Å². The Morgan fingerprint density at radius 3 is 2.89 bits per heavy atom.